The topological polar surface area (TPSA) is 52.2 Å². The Labute approximate surface area is 149 Å². The average molecular weight is 358 g/mol. The fourth-order valence-corrected chi connectivity index (χ4v) is 3.43. The van der Waals surface area contributed by atoms with Crippen LogP contribution in [0.25, 0.3) is 0 Å². The van der Waals surface area contributed by atoms with Crippen molar-refractivity contribution in [3.8, 4) is 0 Å². The van der Waals surface area contributed by atoms with Crippen molar-refractivity contribution in [2.45, 2.75) is 26.8 Å². The standard InChI is InChI=1S/C18H19FN4OS/c1-12-15(13(2)22(3)21-12)10-17(24)20-18-23(8-9-25-18)11-14-6-4-5-7-16(14)19/h4-9H,10-11H2,1-3H3. The number of halogens is 1. The van der Waals surface area contributed by atoms with Crippen molar-refractivity contribution in [1.82, 2.24) is 14.3 Å². The van der Waals surface area contributed by atoms with Gasteiger partial charge in [0.1, 0.15) is 5.82 Å². The molecule has 0 saturated heterocycles. The third-order valence-electron chi connectivity index (χ3n) is 4.17. The molecule has 2 heterocycles. The molecule has 130 valence electrons. The van der Waals surface area contributed by atoms with Crippen molar-refractivity contribution in [1.29, 1.82) is 0 Å². The van der Waals surface area contributed by atoms with E-state index in [4.69, 9.17) is 0 Å². The number of hydrogen-bond donors (Lipinski definition) is 0. The molecule has 0 radical (unpaired) electrons. The predicted octanol–water partition coefficient (Wildman–Crippen LogP) is 2.76. The van der Waals surface area contributed by atoms with Crippen molar-refractivity contribution in [2.75, 3.05) is 0 Å². The normalized spacial score (nSPS) is 11.9. The van der Waals surface area contributed by atoms with Gasteiger partial charge in [0, 0.05) is 35.4 Å². The highest BCUT2D eigenvalue weighted by Crippen LogP contribution is 2.13. The Hall–Kier alpha value is -2.54. The van der Waals surface area contributed by atoms with Crippen LogP contribution in [0.2, 0.25) is 0 Å². The first-order valence-corrected chi connectivity index (χ1v) is 8.77. The van der Waals surface area contributed by atoms with Gasteiger partial charge in [0.05, 0.1) is 18.7 Å². The average Bonchev–Trinajstić information content (AvgIpc) is 3.09. The van der Waals surface area contributed by atoms with Crippen molar-refractivity contribution in [2.24, 2.45) is 12.0 Å². The Kier molecular flexibility index (Phi) is 4.94. The first-order valence-electron chi connectivity index (χ1n) is 7.89. The Morgan fingerprint density at radius 3 is 2.76 bits per heavy atom. The Balaban J connectivity index is 1.84. The number of aromatic nitrogens is 3. The Morgan fingerprint density at radius 1 is 1.32 bits per heavy atom. The first-order chi connectivity index (χ1) is 12.0. The van der Waals surface area contributed by atoms with Crippen molar-refractivity contribution < 1.29 is 9.18 Å². The molecule has 0 saturated carbocycles. The highest BCUT2D eigenvalue weighted by Gasteiger charge is 2.13. The largest absolute Gasteiger partial charge is 0.319 e. The van der Waals surface area contributed by atoms with Gasteiger partial charge in [-0.25, -0.2) is 4.39 Å². The summed E-state index contributed by atoms with van der Waals surface area (Å²) in [7, 11) is 1.86. The second-order valence-electron chi connectivity index (χ2n) is 5.86. The molecule has 0 bridgehead atoms. The zero-order valence-corrected chi connectivity index (χ0v) is 15.2. The predicted molar refractivity (Wildman–Crippen MR) is 94.8 cm³/mol. The van der Waals surface area contributed by atoms with E-state index in [0.29, 0.717) is 16.9 Å². The molecule has 0 unspecified atom stereocenters. The van der Waals surface area contributed by atoms with Gasteiger partial charge in [0.25, 0.3) is 5.91 Å². The summed E-state index contributed by atoms with van der Waals surface area (Å²) < 4.78 is 17.4. The molecule has 0 aliphatic rings. The summed E-state index contributed by atoms with van der Waals surface area (Å²) in [6.07, 6.45) is 2.02. The van der Waals surface area contributed by atoms with Gasteiger partial charge >= 0.3 is 0 Å². The third-order valence-corrected chi connectivity index (χ3v) is 4.96. The summed E-state index contributed by atoms with van der Waals surface area (Å²) in [5.41, 5.74) is 3.28. The van der Waals surface area contributed by atoms with Gasteiger partial charge in [-0.2, -0.15) is 10.1 Å². The van der Waals surface area contributed by atoms with Crippen molar-refractivity contribution in [3.05, 3.63) is 69.0 Å². The fraction of sp³-hybridized carbons (Fsp3) is 0.278. The zero-order valence-electron chi connectivity index (χ0n) is 14.4. The van der Waals surface area contributed by atoms with Crippen LogP contribution in [0.4, 0.5) is 4.39 Å². The number of amides is 1. The van der Waals surface area contributed by atoms with E-state index in [1.54, 1.807) is 27.4 Å². The lowest BCUT2D eigenvalue weighted by Gasteiger charge is -2.04. The van der Waals surface area contributed by atoms with Crippen LogP contribution in [0.5, 0.6) is 0 Å². The fourth-order valence-electron chi connectivity index (χ4n) is 2.69. The number of benzene rings is 1. The van der Waals surface area contributed by atoms with E-state index < -0.39 is 0 Å². The monoisotopic (exact) mass is 358 g/mol. The summed E-state index contributed by atoms with van der Waals surface area (Å²) in [5, 5.41) is 6.16. The van der Waals surface area contributed by atoms with Gasteiger partial charge in [-0.15, -0.1) is 11.3 Å². The van der Waals surface area contributed by atoms with E-state index in [9.17, 15) is 9.18 Å². The molecule has 0 aliphatic heterocycles. The van der Waals surface area contributed by atoms with Gasteiger partial charge in [0.2, 0.25) is 0 Å². The smallest absolute Gasteiger partial charge is 0.252 e. The molecular formula is C18H19FN4OS. The van der Waals surface area contributed by atoms with E-state index in [2.05, 4.69) is 10.1 Å². The second-order valence-corrected chi connectivity index (χ2v) is 6.73. The molecule has 7 heteroatoms. The van der Waals surface area contributed by atoms with Crippen LogP contribution in [0, 0.1) is 19.7 Å². The van der Waals surface area contributed by atoms with E-state index in [1.807, 2.05) is 32.5 Å². The number of aryl methyl sites for hydroxylation is 2. The Bertz CT molecular complexity index is 983. The summed E-state index contributed by atoms with van der Waals surface area (Å²) in [6, 6.07) is 6.61. The van der Waals surface area contributed by atoms with Crippen LogP contribution >= 0.6 is 11.3 Å². The van der Waals surface area contributed by atoms with Crippen LogP contribution in [0.3, 0.4) is 0 Å². The second kappa shape index (κ2) is 7.14. The SMILES string of the molecule is Cc1nn(C)c(C)c1CC(=O)N=c1sccn1Cc1ccccc1F. The number of thiazole rings is 1. The lowest BCUT2D eigenvalue weighted by atomic mass is 10.1. The molecule has 3 aromatic rings. The van der Waals surface area contributed by atoms with E-state index in [-0.39, 0.29) is 18.1 Å². The molecule has 0 aliphatic carbocycles. The van der Waals surface area contributed by atoms with Gasteiger partial charge in [-0.1, -0.05) is 18.2 Å². The van der Waals surface area contributed by atoms with Crippen LogP contribution in [0.15, 0.2) is 40.8 Å². The molecule has 1 aromatic carbocycles. The summed E-state index contributed by atoms with van der Waals surface area (Å²) in [5.74, 6) is -0.496. The molecule has 0 spiro atoms. The van der Waals surface area contributed by atoms with Crippen LogP contribution in [-0.4, -0.2) is 20.3 Å². The third kappa shape index (κ3) is 3.76. The molecular weight excluding hydrogens is 339 g/mol. The molecule has 1 amide bonds. The molecule has 5 nitrogen and oxygen atoms in total. The zero-order chi connectivity index (χ0) is 18.0. The van der Waals surface area contributed by atoms with E-state index in [0.717, 1.165) is 17.0 Å². The molecule has 25 heavy (non-hydrogen) atoms. The number of carbonyl (C=O) groups is 1. The Morgan fingerprint density at radius 2 is 2.08 bits per heavy atom. The molecule has 0 N–H and O–H groups in total. The summed E-state index contributed by atoms with van der Waals surface area (Å²) >= 11 is 1.36. The molecule has 3 rings (SSSR count). The van der Waals surface area contributed by atoms with Gasteiger partial charge in [-0.05, 0) is 19.9 Å². The van der Waals surface area contributed by atoms with Gasteiger partial charge < -0.3 is 4.57 Å². The van der Waals surface area contributed by atoms with Crippen molar-refractivity contribution in [3.63, 3.8) is 0 Å². The van der Waals surface area contributed by atoms with Crippen molar-refractivity contribution >= 4 is 17.2 Å². The van der Waals surface area contributed by atoms with E-state index in [1.165, 1.54) is 17.4 Å². The lowest BCUT2D eigenvalue weighted by Crippen LogP contribution is -2.18. The maximum Gasteiger partial charge on any atom is 0.252 e. The lowest BCUT2D eigenvalue weighted by molar-refractivity contribution is -0.117. The molecule has 0 atom stereocenters. The van der Waals surface area contributed by atoms with Crippen LogP contribution in [0.1, 0.15) is 22.5 Å². The maximum absolute atomic E-state index is 13.8. The molecule has 0 fully saturated rings. The van der Waals surface area contributed by atoms with E-state index >= 15 is 0 Å². The van der Waals surface area contributed by atoms with Gasteiger partial charge in [0.15, 0.2) is 4.80 Å². The minimum atomic E-state index is -0.264. The number of nitrogens with zero attached hydrogens (tertiary/aromatic N) is 4. The summed E-state index contributed by atoms with van der Waals surface area (Å²) in [6.45, 7) is 4.17. The van der Waals surface area contributed by atoms with Crippen LogP contribution in [-0.2, 0) is 24.8 Å². The quantitative estimate of drug-likeness (QED) is 0.720. The molecule has 2 aromatic heterocycles. The number of hydrogen-bond acceptors (Lipinski definition) is 3. The number of rotatable bonds is 4. The summed E-state index contributed by atoms with van der Waals surface area (Å²) in [4.78, 5) is 17.2. The number of carbonyl (C=O) groups excluding carboxylic acids is 1. The first kappa shape index (κ1) is 17.3. The minimum Gasteiger partial charge on any atom is -0.319 e. The minimum absolute atomic E-state index is 0.211. The highest BCUT2D eigenvalue weighted by molar-refractivity contribution is 7.07. The van der Waals surface area contributed by atoms with Crippen LogP contribution < -0.4 is 4.80 Å². The van der Waals surface area contributed by atoms with Gasteiger partial charge in [-0.3, -0.25) is 9.48 Å². The maximum atomic E-state index is 13.8. The highest BCUT2D eigenvalue weighted by atomic mass is 32.1.